The number of amides is 2. The van der Waals surface area contributed by atoms with Gasteiger partial charge in [0.25, 0.3) is 0 Å². The molecule has 5 nitrogen and oxygen atoms in total. The number of hydrogen-bond donors (Lipinski definition) is 1. The molecule has 0 aliphatic carbocycles. The van der Waals surface area contributed by atoms with Gasteiger partial charge < -0.3 is 15.1 Å². The molecule has 1 aromatic rings. The number of fused-ring (bicyclic) bond motifs is 2. The van der Waals surface area contributed by atoms with Gasteiger partial charge in [-0.1, -0.05) is 23.7 Å². The molecule has 4 rings (SSSR count). The average molecular weight is 348 g/mol. The molecule has 3 heterocycles. The van der Waals surface area contributed by atoms with Crippen molar-refractivity contribution in [3.8, 4) is 0 Å². The first-order valence-corrected chi connectivity index (χ1v) is 9.09. The number of halogens is 1. The van der Waals surface area contributed by atoms with Crippen LogP contribution < -0.4 is 10.2 Å². The fourth-order valence-electron chi connectivity index (χ4n) is 4.18. The molecule has 3 saturated heterocycles. The summed E-state index contributed by atoms with van der Waals surface area (Å²) >= 11 is 6.21. The summed E-state index contributed by atoms with van der Waals surface area (Å²) in [4.78, 5) is 29.0. The van der Waals surface area contributed by atoms with E-state index in [0.29, 0.717) is 29.3 Å². The van der Waals surface area contributed by atoms with Gasteiger partial charge in [0.1, 0.15) is 0 Å². The van der Waals surface area contributed by atoms with Crippen LogP contribution in [0.2, 0.25) is 5.02 Å². The first-order valence-electron chi connectivity index (χ1n) is 8.71. The minimum absolute atomic E-state index is 0.0177. The SMILES string of the molecule is O=C(C1CC(=O)N(c2ccccc2Cl)C1)N1CCC2CCC(C1)N2. The van der Waals surface area contributed by atoms with E-state index in [2.05, 4.69) is 5.32 Å². The molecule has 1 aromatic carbocycles. The Labute approximate surface area is 146 Å². The molecule has 6 heteroatoms. The minimum Gasteiger partial charge on any atom is -0.341 e. The summed E-state index contributed by atoms with van der Waals surface area (Å²) in [6, 6.07) is 8.28. The summed E-state index contributed by atoms with van der Waals surface area (Å²) in [7, 11) is 0. The summed E-state index contributed by atoms with van der Waals surface area (Å²) in [6.07, 6.45) is 3.65. The van der Waals surface area contributed by atoms with Crippen LogP contribution in [0.5, 0.6) is 0 Å². The monoisotopic (exact) mass is 347 g/mol. The van der Waals surface area contributed by atoms with Crippen molar-refractivity contribution in [2.24, 2.45) is 5.92 Å². The van der Waals surface area contributed by atoms with Crippen molar-refractivity contribution in [2.75, 3.05) is 24.5 Å². The average Bonchev–Trinajstić information content (AvgIpc) is 3.10. The second-order valence-corrected chi connectivity index (χ2v) is 7.47. The summed E-state index contributed by atoms with van der Waals surface area (Å²) in [6.45, 7) is 2.00. The van der Waals surface area contributed by atoms with Crippen LogP contribution in [0.4, 0.5) is 5.69 Å². The predicted molar refractivity (Wildman–Crippen MR) is 93.1 cm³/mol. The molecular formula is C18H22ClN3O2. The van der Waals surface area contributed by atoms with Crippen LogP contribution in [-0.2, 0) is 9.59 Å². The molecule has 2 amide bonds. The molecule has 0 aromatic heterocycles. The van der Waals surface area contributed by atoms with Gasteiger partial charge in [0, 0.05) is 38.1 Å². The highest BCUT2D eigenvalue weighted by molar-refractivity contribution is 6.33. The Kier molecular flexibility index (Phi) is 4.22. The number of benzene rings is 1. The largest absolute Gasteiger partial charge is 0.341 e. The van der Waals surface area contributed by atoms with Crippen LogP contribution >= 0.6 is 11.6 Å². The van der Waals surface area contributed by atoms with E-state index < -0.39 is 0 Å². The van der Waals surface area contributed by atoms with E-state index in [4.69, 9.17) is 11.6 Å². The molecule has 3 aliphatic rings. The normalized spacial score (nSPS) is 29.9. The molecule has 3 aliphatic heterocycles. The topological polar surface area (TPSA) is 52.7 Å². The van der Waals surface area contributed by atoms with Crippen LogP contribution in [-0.4, -0.2) is 48.4 Å². The van der Waals surface area contributed by atoms with Crippen molar-refractivity contribution in [2.45, 2.75) is 37.8 Å². The van der Waals surface area contributed by atoms with Crippen molar-refractivity contribution in [3.05, 3.63) is 29.3 Å². The highest BCUT2D eigenvalue weighted by atomic mass is 35.5. The van der Waals surface area contributed by atoms with Gasteiger partial charge >= 0.3 is 0 Å². The lowest BCUT2D eigenvalue weighted by atomic mass is 10.0. The molecule has 3 fully saturated rings. The quantitative estimate of drug-likeness (QED) is 0.890. The number of carbonyl (C=O) groups excluding carboxylic acids is 2. The maximum Gasteiger partial charge on any atom is 0.228 e. The maximum absolute atomic E-state index is 12.9. The summed E-state index contributed by atoms with van der Waals surface area (Å²) < 4.78 is 0. The van der Waals surface area contributed by atoms with Crippen LogP contribution in [0.15, 0.2) is 24.3 Å². The van der Waals surface area contributed by atoms with Gasteiger partial charge in [0.15, 0.2) is 0 Å². The van der Waals surface area contributed by atoms with E-state index >= 15 is 0 Å². The lowest BCUT2D eigenvalue weighted by Gasteiger charge is -2.27. The van der Waals surface area contributed by atoms with E-state index in [1.807, 2.05) is 23.1 Å². The molecule has 3 atom stereocenters. The van der Waals surface area contributed by atoms with Crippen LogP contribution in [0.1, 0.15) is 25.7 Å². The lowest BCUT2D eigenvalue weighted by molar-refractivity contribution is -0.136. The third kappa shape index (κ3) is 2.91. The number of rotatable bonds is 2. The maximum atomic E-state index is 12.9. The molecule has 0 radical (unpaired) electrons. The van der Waals surface area contributed by atoms with E-state index in [9.17, 15) is 9.59 Å². The highest BCUT2D eigenvalue weighted by Gasteiger charge is 2.39. The first kappa shape index (κ1) is 15.9. The zero-order valence-electron chi connectivity index (χ0n) is 13.6. The lowest BCUT2D eigenvalue weighted by Crippen LogP contribution is -2.42. The number of nitrogens with zero attached hydrogens (tertiary/aromatic N) is 2. The van der Waals surface area contributed by atoms with E-state index in [1.54, 1.807) is 11.0 Å². The predicted octanol–water partition coefficient (Wildman–Crippen LogP) is 2.05. The fraction of sp³-hybridized carbons (Fsp3) is 0.556. The second-order valence-electron chi connectivity index (χ2n) is 7.07. The zero-order valence-corrected chi connectivity index (χ0v) is 14.3. The van der Waals surface area contributed by atoms with E-state index in [0.717, 1.165) is 25.9 Å². The molecule has 1 N–H and O–H groups in total. The number of nitrogens with one attached hydrogen (secondary N) is 1. The van der Waals surface area contributed by atoms with Gasteiger partial charge in [0.2, 0.25) is 11.8 Å². The third-order valence-electron chi connectivity index (χ3n) is 5.45. The van der Waals surface area contributed by atoms with Crippen LogP contribution in [0, 0.1) is 5.92 Å². The standard InChI is InChI=1S/C18H22ClN3O2/c19-15-3-1-2-4-16(15)22-10-12(9-17(22)23)18(24)21-8-7-13-5-6-14(11-21)20-13/h1-4,12-14,20H,5-11H2. The van der Waals surface area contributed by atoms with E-state index in [1.165, 1.54) is 6.42 Å². The molecule has 2 bridgehead atoms. The van der Waals surface area contributed by atoms with Crippen LogP contribution in [0.25, 0.3) is 0 Å². The molecule has 24 heavy (non-hydrogen) atoms. The van der Waals surface area contributed by atoms with Crippen molar-refractivity contribution in [1.29, 1.82) is 0 Å². The Morgan fingerprint density at radius 2 is 1.92 bits per heavy atom. The summed E-state index contributed by atoms with van der Waals surface area (Å²) in [5.41, 5.74) is 0.705. The van der Waals surface area contributed by atoms with Crippen molar-refractivity contribution in [3.63, 3.8) is 0 Å². The Morgan fingerprint density at radius 3 is 2.75 bits per heavy atom. The number of anilines is 1. The number of para-hydroxylation sites is 1. The smallest absolute Gasteiger partial charge is 0.228 e. The van der Waals surface area contributed by atoms with Gasteiger partial charge in [0.05, 0.1) is 16.6 Å². The van der Waals surface area contributed by atoms with E-state index in [-0.39, 0.29) is 24.2 Å². The Bertz CT molecular complexity index is 665. The fourth-order valence-corrected chi connectivity index (χ4v) is 4.42. The second kappa shape index (κ2) is 6.37. The third-order valence-corrected chi connectivity index (χ3v) is 5.77. The van der Waals surface area contributed by atoms with Gasteiger partial charge in [-0.3, -0.25) is 9.59 Å². The minimum atomic E-state index is -0.259. The van der Waals surface area contributed by atoms with Gasteiger partial charge in [-0.25, -0.2) is 0 Å². The number of carbonyl (C=O) groups is 2. The van der Waals surface area contributed by atoms with Gasteiger partial charge in [-0.15, -0.1) is 0 Å². The molecule has 128 valence electrons. The molecule has 0 spiro atoms. The zero-order chi connectivity index (χ0) is 16.7. The van der Waals surface area contributed by atoms with Gasteiger partial charge in [-0.05, 0) is 31.4 Å². The van der Waals surface area contributed by atoms with Crippen LogP contribution in [0.3, 0.4) is 0 Å². The molecule has 3 unspecified atom stereocenters. The van der Waals surface area contributed by atoms with Crippen molar-refractivity contribution >= 4 is 29.1 Å². The highest BCUT2D eigenvalue weighted by Crippen LogP contribution is 2.32. The summed E-state index contributed by atoms with van der Waals surface area (Å²) in [5.74, 6) is -0.159. The molecule has 0 saturated carbocycles. The first-order chi connectivity index (χ1) is 11.6. The van der Waals surface area contributed by atoms with Gasteiger partial charge in [-0.2, -0.15) is 0 Å². The molecular weight excluding hydrogens is 326 g/mol. The Balaban J connectivity index is 1.46. The van der Waals surface area contributed by atoms with Crippen molar-refractivity contribution < 1.29 is 9.59 Å². The number of likely N-dealkylation sites (tertiary alicyclic amines) is 1. The Morgan fingerprint density at radius 1 is 1.12 bits per heavy atom. The van der Waals surface area contributed by atoms with Crippen molar-refractivity contribution in [1.82, 2.24) is 10.2 Å². The Hall–Kier alpha value is -1.59. The number of hydrogen-bond acceptors (Lipinski definition) is 3. The summed E-state index contributed by atoms with van der Waals surface area (Å²) in [5, 5.41) is 4.14.